The molecule has 0 amide bonds. The zero-order valence-electron chi connectivity index (χ0n) is 9.53. The Balaban J connectivity index is 2.87. The third-order valence-corrected chi connectivity index (χ3v) is 2.25. The van der Waals surface area contributed by atoms with Crippen molar-refractivity contribution in [3.05, 3.63) is 24.0 Å². The van der Waals surface area contributed by atoms with E-state index in [-0.39, 0.29) is 6.04 Å². The number of aromatic nitrogens is 1. The van der Waals surface area contributed by atoms with Crippen LogP contribution in [0.25, 0.3) is 0 Å². The molecule has 0 aliphatic heterocycles. The van der Waals surface area contributed by atoms with E-state index < -0.39 is 0 Å². The Morgan fingerprint density at radius 2 is 2.20 bits per heavy atom. The summed E-state index contributed by atoms with van der Waals surface area (Å²) in [4.78, 5) is 4.13. The maximum atomic E-state index is 5.51. The fourth-order valence-electron chi connectivity index (χ4n) is 1.52. The molecule has 4 heteroatoms. The second-order valence-corrected chi connectivity index (χ2v) is 3.78. The highest BCUT2D eigenvalue weighted by Crippen LogP contribution is 2.23. The van der Waals surface area contributed by atoms with Crippen LogP contribution < -0.4 is 16.0 Å². The summed E-state index contributed by atoms with van der Waals surface area (Å²) in [5.41, 5.74) is 3.85. The smallest absolute Gasteiger partial charge is 0.137 e. The Morgan fingerprint density at radius 1 is 1.47 bits per heavy atom. The van der Waals surface area contributed by atoms with Crippen LogP contribution in [0.4, 0.5) is 0 Å². The monoisotopic (exact) mass is 209 g/mol. The van der Waals surface area contributed by atoms with E-state index in [0.29, 0.717) is 12.5 Å². The van der Waals surface area contributed by atoms with Gasteiger partial charge in [-0.2, -0.15) is 0 Å². The molecule has 4 nitrogen and oxygen atoms in total. The van der Waals surface area contributed by atoms with Crippen LogP contribution in [0.3, 0.4) is 0 Å². The van der Waals surface area contributed by atoms with Crippen LogP contribution in [0.2, 0.25) is 0 Å². The molecule has 1 aromatic heterocycles. The molecule has 1 aromatic rings. The first kappa shape index (κ1) is 11.9. The van der Waals surface area contributed by atoms with Gasteiger partial charge in [-0.1, -0.05) is 13.8 Å². The molecule has 0 aliphatic carbocycles. The van der Waals surface area contributed by atoms with Crippen molar-refractivity contribution in [3.8, 4) is 5.75 Å². The fraction of sp³-hybridized carbons (Fsp3) is 0.545. The van der Waals surface area contributed by atoms with Gasteiger partial charge in [-0.25, -0.2) is 0 Å². The van der Waals surface area contributed by atoms with Crippen LogP contribution in [0.1, 0.15) is 32.4 Å². The third kappa shape index (κ3) is 3.18. The van der Waals surface area contributed by atoms with E-state index in [9.17, 15) is 0 Å². The van der Waals surface area contributed by atoms with Crippen LogP contribution in [0, 0.1) is 5.92 Å². The predicted octanol–water partition coefficient (Wildman–Crippen LogP) is 1.64. The SMILES string of the molecule is CCOc1cncc(C(NN)C(C)C)c1. The first-order chi connectivity index (χ1) is 7.19. The van der Waals surface area contributed by atoms with Gasteiger partial charge >= 0.3 is 0 Å². The average molecular weight is 209 g/mol. The molecular formula is C11H19N3O. The van der Waals surface area contributed by atoms with Gasteiger partial charge in [0, 0.05) is 12.2 Å². The highest BCUT2D eigenvalue weighted by atomic mass is 16.5. The van der Waals surface area contributed by atoms with Gasteiger partial charge in [-0.15, -0.1) is 0 Å². The number of ether oxygens (including phenoxy) is 1. The molecule has 0 fully saturated rings. The van der Waals surface area contributed by atoms with E-state index in [2.05, 4.69) is 24.3 Å². The number of nitrogens with one attached hydrogen (secondary N) is 1. The Bertz CT molecular complexity index is 302. The Hall–Kier alpha value is -1.13. The number of nitrogens with two attached hydrogens (primary N) is 1. The molecule has 15 heavy (non-hydrogen) atoms. The van der Waals surface area contributed by atoms with E-state index in [1.807, 2.05) is 19.2 Å². The quantitative estimate of drug-likeness (QED) is 0.571. The highest BCUT2D eigenvalue weighted by molar-refractivity contribution is 5.26. The van der Waals surface area contributed by atoms with Crippen molar-refractivity contribution in [3.63, 3.8) is 0 Å². The van der Waals surface area contributed by atoms with Crippen LogP contribution in [-0.2, 0) is 0 Å². The summed E-state index contributed by atoms with van der Waals surface area (Å²) in [6.07, 6.45) is 3.52. The van der Waals surface area contributed by atoms with Crippen LogP contribution >= 0.6 is 0 Å². The van der Waals surface area contributed by atoms with E-state index in [4.69, 9.17) is 10.6 Å². The van der Waals surface area contributed by atoms with E-state index >= 15 is 0 Å². The molecule has 0 aromatic carbocycles. The van der Waals surface area contributed by atoms with Gasteiger partial charge in [0.15, 0.2) is 0 Å². The Kier molecular flexibility index (Phi) is 4.52. The first-order valence-corrected chi connectivity index (χ1v) is 5.23. The minimum Gasteiger partial charge on any atom is -0.492 e. The number of pyridine rings is 1. The number of hydrazine groups is 1. The average Bonchev–Trinajstić information content (AvgIpc) is 2.19. The van der Waals surface area contributed by atoms with Crippen molar-refractivity contribution >= 4 is 0 Å². The number of nitrogens with zero attached hydrogens (tertiary/aromatic N) is 1. The van der Waals surface area contributed by atoms with Gasteiger partial charge in [-0.05, 0) is 24.5 Å². The van der Waals surface area contributed by atoms with Crippen molar-refractivity contribution in [1.82, 2.24) is 10.4 Å². The van der Waals surface area contributed by atoms with Crippen LogP contribution in [0.15, 0.2) is 18.5 Å². The molecule has 1 unspecified atom stereocenters. The summed E-state index contributed by atoms with van der Waals surface area (Å²) >= 11 is 0. The summed E-state index contributed by atoms with van der Waals surface area (Å²) in [5, 5.41) is 0. The molecule has 1 atom stereocenters. The second-order valence-electron chi connectivity index (χ2n) is 3.78. The summed E-state index contributed by atoms with van der Waals surface area (Å²) in [6.45, 7) is 6.82. The maximum Gasteiger partial charge on any atom is 0.137 e. The minimum absolute atomic E-state index is 0.109. The van der Waals surface area contributed by atoms with Gasteiger partial charge < -0.3 is 4.74 Å². The largest absolute Gasteiger partial charge is 0.492 e. The second kappa shape index (κ2) is 5.68. The lowest BCUT2D eigenvalue weighted by molar-refractivity contribution is 0.336. The number of hydrogen-bond donors (Lipinski definition) is 2. The molecule has 0 saturated carbocycles. The van der Waals surface area contributed by atoms with Gasteiger partial charge in [-0.3, -0.25) is 16.3 Å². The van der Waals surface area contributed by atoms with Gasteiger partial charge in [0.25, 0.3) is 0 Å². The van der Waals surface area contributed by atoms with Crippen LogP contribution in [-0.4, -0.2) is 11.6 Å². The topological polar surface area (TPSA) is 60.2 Å². The lowest BCUT2D eigenvalue weighted by Crippen LogP contribution is -2.31. The van der Waals surface area contributed by atoms with Crippen molar-refractivity contribution in [2.45, 2.75) is 26.8 Å². The maximum absolute atomic E-state index is 5.51. The summed E-state index contributed by atoms with van der Waals surface area (Å²) in [5.74, 6) is 6.71. The summed E-state index contributed by atoms with van der Waals surface area (Å²) in [7, 11) is 0. The van der Waals surface area contributed by atoms with Crippen LogP contribution in [0.5, 0.6) is 5.75 Å². The van der Waals surface area contributed by atoms with Crippen molar-refractivity contribution in [2.24, 2.45) is 11.8 Å². The highest BCUT2D eigenvalue weighted by Gasteiger charge is 2.14. The summed E-state index contributed by atoms with van der Waals surface area (Å²) in [6, 6.07) is 2.08. The first-order valence-electron chi connectivity index (χ1n) is 5.23. The molecule has 84 valence electrons. The molecule has 0 saturated heterocycles. The molecule has 1 rings (SSSR count). The molecule has 0 bridgehead atoms. The van der Waals surface area contributed by atoms with E-state index in [0.717, 1.165) is 11.3 Å². The molecular weight excluding hydrogens is 190 g/mol. The zero-order chi connectivity index (χ0) is 11.3. The molecule has 3 N–H and O–H groups in total. The molecule has 0 spiro atoms. The standard InChI is InChI=1S/C11H19N3O/c1-4-15-10-5-9(6-13-7-10)11(14-12)8(2)3/h5-8,11,14H,4,12H2,1-3H3. The normalized spacial score (nSPS) is 12.9. The van der Waals surface area contributed by atoms with Gasteiger partial charge in [0.05, 0.1) is 12.8 Å². The lowest BCUT2D eigenvalue weighted by Gasteiger charge is -2.20. The van der Waals surface area contributed by atoms with Gasteiger partial charge in [0.2, 0.25) is 0 Å². The number of rotatable bonds is 5. The van der Waals surface area contributed by atoms with E-state index in [1.165, 1.54) is 0 Å². The molecule has 0 aliphatic rings. The Morgan fingerprint density at radius 3 is 2.73 bits per heavy atom. The Labute approximate surface area is 90.8 Å². The number of hydrogen-bond acceptors (Lipinski definition) is 4. The zero-order valence-corrected chi connectivity index (χ0v) is 9.53. The fourth-order valence-corrected chi connectivity index (χ4v) is 1.52. The molecule has 1 heterocycles. The lowest BCUT2D eigenvalue weighted by atomic mass is 9.98. The third-order valence-electron chi connectivity index (χ3n) is 2.25. The van der Waals surface area contributed by atoms with Gasteiger partial charge in [0.1, 0.15) is 5.75 Å². The summed E-state index contributed by atoms with van der Waals surface area (Å²) < 4.78 is 5.39. The minimum atomic E-state index is 0.109. The molecule has 0 radical (unpaired) electrons. The van der Waals surface area contributed by atoms with E-state index in [1.54, 1.807) is 6.20 Å². The van der Waals surface area contributed by atoms with Crippen molar-refractivity contribution in [2.75, 3.05) is 6.61 Å². The predicted molar refractivity (Wildman–Crippen MR) is 60.3 cm³/mol. The van der Waals surface area contributed by atoms with Crippen molar-refractivity contribution in [1.29, 1.82) is 0 Å². The van der Waals surface area contributed by atoms with Crippen molar-refractivity contribution < 1.29 is 4.74 Å².